The van der Waals surface area contributed by atoms with E-state index in [1.807, 2.05) is 19.9 Å². The molecule has 45 heavy (non-hydrogen) atoms. The van der Waals surface area contributed by atoms with Crippen molar-refractivity contribution in [2.24, 2.45) is 11.8 Å². The molecule has 4 bridgehead atoms. The van der Waals surface area contributed by atoms with Crippen LogP contribution in [-0.4, -0.2) is 61.1 Å². The van der Waals surface area contributed by atoms with Gasteiger partial charge in [0.25, 0.3) is 5.60 Å². The molecule has 0 aromatic carbocycles. The van der Waals surface area contributed by atoms with E-state index in [2.05, 4.69) is 20.1 Å². The Hall–Kier alpha value is -2.00. The summed E-state index contributed by atoms with van der Waals surface area (Å²) in [6.07, 6.45) is 19.1. The molecule has 0 aromatic rings. The van der Waals surface area contributed by atoms with Crippen molar-refractivity contribution in [2.45, 2.75) is 159 Å². The molecular weight excluding hydrogens is 572 g/mol. The van der Waals surface area contributed by atoms with Gasteiger partial charge in [0.05, 0.1) is 24.7 Å². The first-order valence-corrected chi connectivity index (χ1v) is 17.7. The van der Waals surface area contributed by atoms with Crippen LogP contribution in [0, 0.1) is 11.8 Å². The summed E-state index contributed by atoms with van der Waals surface area (Å²) in [5.41, 5.74) is 0.812. The van der Waals surface area contributed by atoms with E-state index < -0.39 is 47.4 Å². The minimum Gasteiger partial charge on any atom is -0.467 e. The number of unbranched alkanes of at least 4 members (excludes halogenated alkanes) is 13. The van der Waals surface area contributed by atoms with E-state index in [4.69, 9.17) is 28.4 Å². The molecule has 0 aliphatic carbocycles. The summed E-state index contributed by atoms with van der Waals surface area (Å²) >= 11 is 0. The van der Waals surface area contributed by atoms with Crippen molar-refractivity contribution in [3.05, 3.63) is 36.0 Å². The summed E-state index contributed by atoms with van der Waals surface area (Å²) in [6.45, 7) is 15.1. The minimum atomic E-state index is -1.36. The molecule has 252 valence electrons. The lowest BCUT2D eigenvalue weighted by Crippen LogP contribution is -2.40. The smallest absolute Gasteiger partial charge is 0.347 e. The maximum Gasteiger partial charge on any atom is 0.347 e. The quantitative estimate of drug-likeness (QED) is 0.0623. The van der Waals surface area contributed by atoms with Crippen molar-refractivity contribution < 1.29 is 38.0 Å². The lowest BCUT2D eigenvalue weighted by Gasteiger charge is -2.31. The highest BCUT2D eigenvalue weighted by Gasteiger charge is 2.99. The van der Waals surface area contributed by atoms with Crippen LogP contribution in [0.5, 0.6) is 0 Å². The van der Waals surface area contributed by atoms with Crippen molar-refractivity contribution in [3.63, 3.8) is 0 Å². The molecule has 5 rings (SSSR count). The van der Waals surface area contributed by atoms with Crippen molar-refractivity contribution >= 4 is 11.9 Å². The second kappa shape index (κ2) is 14.4. The van der Waals surface area contributed by atoms with Gasteiger partial charge in [0.1, 0.15) is 6.10 Å². The van der Waals surface area contributed by atoms with Crippen molar-refractivity contribution in [1.29, 1.82) is 0 Å². The highest BCUT2D eigenvalue weighted by Crippen LogP contribution is 2.75. The van der Waals surface area contributed by atoms with E-state index in [1.165, 1.54) is 84.2 Å². The number of carbonyl (C=O) groups is 2. The van der Waals surface area contributed by atoms with Gasteiger partial charge in [0, 0.05) is 13.0 Å². The summed E-state index contributed by atoms with van der Waals surface area (Å²) in [5, 5.41) is 0. The number of fused-ring (bicyclic) bond motifs is 2. The van der Waals surface area contributed by atoms with Gasteiger partial charge in [0.2, 0.25) is 11.6 Å². The monoisotopic (exact) mass is 628 g/mol. The van der Waals surface area contributed by atoms with Crippen LogP contribution in [0.3, 0.4) is 0 Å². The lowest BCUT2D eigenvalue weighted by atomic mass is 9.81. The van der Waals surface area contributed by atoms with Crippen LogP contribution in [0.4, 0.5) is 0 Å². The van der Waals surface area contributed by atoms with Gasteiger partial charge in [0.15, 0.2) is 6.10 Å². The molecule has 8 heteroatoms. The van der Waals surface area contributed by atoms with Crippen LogP contribution >= 0.6 is 0 Å². The van der Waals surface area contributed by atoms with Gasteiger partial charge < -0.3 is 28.4 Å². The maximum absolute atomic E-state index is 13.3. The molecule has 5 aliphatic heterocycles. The fourth-order valence-electron chi connectivity index (χ4n) is 8.00. The zero-order valence-corrected chi connectivity index (χ0v) is 28.2. The molecule has 0 N–H and O–H groups in total. The Balaban J connectivity index is 1.16. The van der Waals surface area contributed by atoms with Gasteiger partial charge in [-0.3, -0.25) is 0 Å². The number of allylic oxidation sites excluding steroid dienone is 1. The van der Waals surface area contributed by atoms with E-state index in [1.54, 1.807) is 0 Å². The molecule has 5 heterocycles. The van der Waals surface area contributed by atoms with Gasteiger partial charge in [-0.05, 0) is 38.7 Å². The third-order valence-corrected chi connectivity index (χ3v) is 10.6. The SMILES string of the molecule is C=C(C)[C@@H]1C[C@H](OCCCCCCCCCCCCCCCC)C2=C[C@@H](OC2=O)[C@@H](C(=C)C)[C@@]23O[C@@H]2[C@]2(C(=O)OC)O[C@]2(C1)O3. The predicted octanol–water partition coefficient (Wildman–Crippen LogP) is 7.65. The number of ether oxygens (including phenoxy) is 6. The second-order valence-corrected chi connectivity index (χ2v) is 14.2. The van der Waals surface area contributed by atoms with Crippen molar-refractivity contribution in [2.75, 3.05) is 13.7 Å². The first kappa shape index (κ1) is 34.3. The summed E-state index contributed by atoms with van der Waals surface area (Å²) in [7, 11) is 1.34. The minimum absolute atomic E-state index is 0.137. The van der Waals surface area contributed by atoms with E-state index in [-0.39, 0.29) is 11.9 Å². The average molecular weight is 629 g/mol. The van der Waals surface area contributed by atoms with Gasteiger partial charge in [-0.25, -0.2) is 9.59 Å². The predicted molar refractivity (Wildman–Crippen MR) is 171 cm³/mol. The fourth-order valence-corrected chi connectivity index (χ4v) is 8.00. The molecule has 8 nitrogen and oxygen atoms in total. The number of epoxide rings is 2. The Morgan fingerprint density at radius 1 is 0.911 bits per heavy atom. The Kier molecular flexibility index (Phi) is 11.0. The van der Waals surface area contributed by atoms with Gasteiger partial charge in [-0.15, -0.1) is 0 Å². The summed E-state index contributed by atoms with van der Waals surface area (Å²) < 4.78 is 36.4. The molecule has 0 unspecified atom stereocenters. The lowest BCUT2D eigenvalue weighted by molar-refractivity contribution is -0.186. The van der Waals surface area contributed by atoms with Crippen LogP contribution < -0.4 is 0 Å². The molecule has 0 amide bonds. The van der Waals surface area contributed by atoms with E-state index in [9.17, 15) is 9.59 Å². The Labute approximate surface area is 270 Å². The van der Waals surface area contributed by atoms with Gasteiger partial charge >= 0.3 is 11.9 Å². The molecule has 3 fully saturated rings. The third-order valence-electron chi connectivity index (χ3n) is 10.6. The van der Waals surface area contributed by atoms with Crippen LogP contribution in [0.1, 0.15) is 124 Å². The largest absolute Gasteiger partial charge is 0.467 e. The molecule has 0 saturated carbocycles. The highest BCUT2D eigenvalue weighted by molar-refractivity contribution is 5.92. The van der Waals surface area contributed by atoms with Crippen molar-refractivity contribution in [3.8, 4) is 0 Å². The van der Waals surface area contributed by atoms with Crippen LogP contribution in [0.25, 0.3) is 0 Å². The molecule has 8 atom stereocenters. The topological polar surface area (TPSA) is 96.1 Å². The summed E-state index contributed by atoms with van der Waals surface area (Å²) in [4.78, 5) is 26.4. The maximum atomic E-state index is 13.3. The summed E-state index contributed by atoms with van der Waals surface area (Å²) in [5.74, 6) is -3.92. The number of methoxy groups -OCH3 is 1. The van der Waals surface area contributed by atoms with E-state index in [0.29, 0.717) is 25.0 Å². The zero-order valence-electron chi connectivity index (χ0n) is 28.2. The van der Waals surface area contributed by atoms with Gasteiger partial charge in [-0.1, -0.05) is 115 Å². The van der Waals surface area contributed by atoms with E-state index >= 15 is 0 Å². The Morgan fingerprint density at radius 3 is 2.07 bits per heavy atom. The summed E-state index contributed by atoms with van der Waals surface area (Å²) in [6, 6.07) is 0. The second-order valence-electron chi connectivity index (χ2n) is 14.2. The van der Waals surface area contributed by atoms with Crippen LogP contribution in [0.15, 0.2) is 36.0 Å². The first-order valence-electron chi connectivity index (χ1n) is 17.7. The molecule has 3 saturated heterocycles. The molecule has 5 aliphatic rings. The number of carbonyl (C=O) groups excluding carboxylic acids is 2. The molecule has 0 aromatic heterocycles. The van der Waals surface area contributed by atoms with E-state index in [0.717, 1.165) is 24.0 Å². The highest BCUT2D eigenvalue weighted by atomic mass is 17.0. The normalized spacial score (nSPS) is 35.9. The van der Waals surface area contributed by atoms with Crippen LogP contribution in [0.2, 0.25) is 0 Å². The zero-order chi connectivity index (χ0) is 32.2. The molecule has 0 radical (unpaired) electrons. The number of hydrogen-bond acceptors (Lipinski definition) is 8. The Bertz CT molecular complexity index is 1150. The number of esters is 2. The average Bonchev–Trinajstić information content (AvgIpc) is 3.82. The van der Waals surface area contributed by atoms with Crippen molar-refractivity contribution in [1.82, 2.24) is 0 Å². The first-order chi connectivity index (χ1) is 21.7. The Morgan fingerprint density at radius 2 is 1.51 bits per heavy atom. The molecular formula is C37H56O8. The fraction of sp³-hybridized carbons (Fsp3) is 0.784. The number of hydrogen-bond donors (Lipinski definition) is 0. The third kappa shape index (κ3) is 6.72. The standard InChI is InChI=1S/C37H56O8/c1-7-8-9-10-11-12-13-14-15-16-17-18-19-20-21-41-29-22-27(25(2)3)24-35-36(44-35,34(39)40-6)33-37(43-33,45-35)31(26(4)5)30-23-28(29)32(38)42-30/h23,27,29-31,33H,2,4,7-22,24H2,1,3,5-6H3/t27-,29+,30-,31-,33-,35-,36-,37+/m1/s1. The molecule has 2 spiro atoms. The van der Waals surface area contributed by atoms with Crippen LogP contribution in [-0.2, 0) is 38.0 Å². The van der Waals surface area contributed by atoms with Gasteiger partial charge in [-0.2, -0.15) is 0 Å². The number of rotatable bonds is 19.